The molecule has 2 aromatic heterocycles. The summed E-state index contributed by atoms with van der Waals surface area (Å²) in [4.78, 5) is 18.7. The Kier molecular flexibility index (Phi) is 2.33. The van der Waals surface area contributed by atoms with E-state index in [1.54, 1.807) is 6.07 Å². The van der Waals surface area contributed by atoms with Gasteiger partial charge < -0.3 is 4.98 Å². The van der Waals surface area contributed by atoms with Gasteiger partial charge in [0.2, 0.25) is 5.43 Å². The molecule has 0 aliphatic carbocycles. The second-order valence-electron chi connectivity index (χ2n) is 2.92. The van der Waals surface area contributed by atoms with Gasteiger partial charge in [0.15, 0.2) is 0 Å². The Labute approximate surface area is 93.2 Å². The van der Waals surface area contributed by atoms with Crippen molar-refractivity contribution in [2.45, 2.75) is 6.92 Å². The zero-order valence-corrected chi connectivity index (χ0v) is 9.61. The van der Waals surface area contributed by atoms with E-state index in [0.717, 1.165) is 10.2 Å². The SMILES string of the molecule is Cc1nc2[nH]cc(Cl)c(=O)c2cc1Br. The number of aromatic nitrogens is 2. The van der Waals surface area contributed by atoms with Crippen molar-refractivity contribution in [1.82, 2.24) is 9.97 Å². The van der Waals surface area contributed by atoms with Crippen molar-refractivity contribution in [3.05, 3.63) is 37.7 Å². The highest BCUT2D eigenvalue weighted by molar-refractivity contribution is 9.10. The molecule has 14 heavy (non-hydrogen) atoms. The number of rotatable bonds is 0. The van der Waals surface area contributed by atoms with Crippen LogP contribution in [-0.4, -0.2) is 9.97 Å². The number of nitrogens with zero attached hydrogens (tertiary/aromatic N) is 1. The van der Waals surface area contributed by atoms with Crippen molar-refractivity contribution in [2.24, 2.45) is 0 Å². The van der Waals surface area contributed by atoms with Gasteiger partial charge in [0.05, 0.1) is 11.1 Å². The molecule has 1 N–H and O–H groups in total. The average Bonchev–Trinajstić information content (AvgIpc) is 2.15. The molecule has 0 aromatic carbocycles. The van der Waals surface area contributed by atoms with E-state index in [4.69, 9.17) is 11.6 Å². The third-order valence-electron chi connectivity index (χ3n) is 1.95. The molecule has 0 spiro atoms. The van der Waals surface area contributed by atoms with E-state index in [1.807, 2.05) is 6.92 Å². The molecule has 3 nitrogen and oxygen atoms in total. The minimum Gasteiger partial charge on any atom is -0.344 e. The lowest BCUT2D eigenvalue weighted by Crippen LogP contribution is -2.04. The number of aryl methyl sites for hydroxylation is 1. The van der Waals surface area contributed by atoms with Gasteiger partial charge in [-0.2, -0.15) is 0 Å². The largest absolute Gasteiger partial charge is 0.344 e. The van der Waals surface area contributed by atoms with Crippen molar-refractivity contribution in [3.63, 3.8) is 0 Å². The standard InChI is InChI=1S/C9H6BrClN2O/c1-4-6(10)2-5-8(14)7(11)3-12-9(5)13-4/h2-3H,1H3,(H,12,13,14). The number of hydrogen-bond acceptors (Lipinski definition) is 2. The Hall–Kier alpha value is -0.870. The average molecular weight is 274 g/mol. The topological polar surface area (TPSA) is 45.8 Å². The molecule has 2 heterocycles. The van der Waals surface area contributed by atoms with E-state index < -0.39 is 0 Å². The second-order valence-corrected chi connectivity index (χ2v) is 4.18. The molecule has 0 saturated heterocycles. The zero-order chi connectivity index (χ0) is 10.3. The minimum absolute atomic E-state index is 0.176. The zero-order valence-electron chi connectivity index (χ0n) is 7.27. The third-order valence-corrected chi connectivity index (χ3v) is 3.03. The van der Waals surface area contributed by atoms with Gasteiger partial charge in [-0.05, 0) is 28.9 Å². The maximum Gasteiger partial charge on any atom is 0.209 e. The van der Waals surface area contributed by atoms with E-state index >= 15 is 0 Å². The van der Waals surface area contributed by atoms with Crippen LogP contribution in [0.15, 0.2) is 21.5 Å². The number of fused-ring (bicyclic) bond motifs is 1. The molecular weight excluding hydrogens is 267 g/mol. The van der Waals surface area contributed by atoms with Gasteiger partial charge in [-0.1, -0.05) is 11.6 Å². The first-order chi connectivity index (χ1) is 6.59. The van der Waals surface area contributed by atoms with Crippen LogP contribution in [0.3, 0.4) is 0 Å². The summed E-state index contributed by atoms with van der Waals surface area (Å²) in [7, 11) is 0. The predicted octanol–water partition coefficient (Wildman–Crippen LogP) is 2.65. The third kappa shape index (κ3) is 1.44. The summed E-state index contributed by atoms with van der Waals surface area (Å²) in [6, 6.07) is 1.72. The monoisotopic (exact) mass is 272 g/mol. The fraction of sp³-hybridized carbons (Fsp3) is 0.111. The van der Waals surface area contributed by atoms with Crippen LogP contribution in [-0.2, 0) is 0 Å². The minimum atomic E-state index is -0.200. The Morgan fingerprint density at radius 2 is 2.29 bits per heavy atom. The Balaban J connectivity index is 2.97. The van der Waals surface area contributed by atoms with Gasteiger partial charge >= 0.3 is 0 Å². The molecule has 0 fully saturated rings. The number of halogens is 2. The Bertz CT molecular complexity index is 564. The first-order valence-electron chi connectivity index (χ1n) is 3.93. The molecule has 2 aromatic rings. The van der Waals surface area contributed by atoms with Crippen LogP contribution in [0.25, 0.3) is 11.0 Å². The van der Waals surface area contributed by atoms with E-state index in [0.29, 0.717) is 11.0 Å². The quantitative estimate of drug-likeness (QED) is 0.802. The lowest BCUT2D eigenvalue weighted by molar-refractivity contribution is 1.18. The van der Waals surface area contributed by atoms with Crippen molar-refractivity contribution in [2.75, 3.05) is 0 Å². The van der Waals surface area contributed by atoms with Gasteiger partial charge in [-0.25, -0.2) is 4.98 Å². The molecule has 0 unspecified atom stereocenters. The number of H-pyrrole nitrogens is 1. The molecule has 72 valence electrons. The normalized spacial score (nSPS) is 10.8. The van der Waals surface area contributed by atoms with Crippen LogP contribution < -0.4 is 5.43 Å². The van der Waals surface area contributed by atoms with Crippen LogP contribution in [0.5, 0.6) is 0 Å². The van der Waals surface area contributed by atoms with Crippen molar-refractivity contribution < 1.29 is 0 Å². The van der Waals surface area contributed by atoms with Crippen LogP contribution >= 0.6 is 27.5 Å². The number of pyridine rings is 2. The number of nitrogens with one attached hydrogen (secondary N) is 1. The smallest absolute Gasteiger partial charge is 0.209 e. The van der Waals surface area contributed by atoms with Crippen molar-refractivity contribution >= 4 is 38.6 Å². The molecule has 0 amide bonds. The summed E-state index contributed by atoms with van der Waals surface area (Å²) in [5.74, 6) is 0. The van der Waals surface area contributed by atoms with Crippen LogP contribution in [0.4, 0.5) is 0 Å². The molecular formula is C9H6BrClN2O. The molecule has 0 bridgehead atoms. The molecule has 2 rings (SSSR count). The van der Waals surface area contributed by atoms with Gasteiger partial charge in [-0.3, -0.25) is 4.79 Å². The predicted molar refractivity (Wildman–Crippen MR) is 59.8 cm³/mol. The molecule has 5 heteroatoms. The van der Waals surface area contributed by atoms with Crippen molar-refractivity contribution in [3.8, 4) is 0 Å². The first-order valence-corrected chi connectivity index (χ1v) is 5.10. The van der Waals surface area contributed by atoms with E-state index in [-0.39, 0.29) is 10.5 Å². The summed E-state index contributed by atoms with van der Waals surface area (Å²) >= 11 is 9.01. The van der Waals surface area contributed by atoms with Gasteiger partial charge in [0, 0.05) is 10.7 Å². The van der Waals surface area contributed by atoms with Crippen LogP contribution in [0, 0.1) is 6.92 Å². The van der Waals surface area contributed by atoms with Gasteiger partial charge in [0.1, 0.15) is 10.7 Å². The lowest BCUT2D eigenvalue weighted by Gasteiger charge is -2.01. The molecule has 0 saturated carbocycles. The molecule has 0 radical (unpaired) electrons. The number of aromatic amines is 1. The summed E-state index contributed by atoms with van der Waals surface area (Å²) in [5, 5.41) is 0.671. The highest BCUT2D eigenvalue weighted by Gasteiger charge is 2.06. The Morgan fingerprint density at radius 1 is 1.57 bits per heavy atom. The van der Waals surface area contributed by atoms with Crippen LogP contribution in [0.1, 0.15) is 5.69 Å². The summed E-state index contributed by atoms with van der Waals surface area (Å²) in [6.45, 7) is 1.86. The van der Waals surface area contributed by atoms with E-state index in [9.17, 15) is 4.79 Å². The fourth-order valence-corrected chi connectivity index (χ4v) is 1.66. The van der Waals surface area contributed by atoms with Crippen molar-refractivity contribution in [1.29, 1.82) is 0 Å². The molecule has 0 aliphatic heterocycles. The maximum absolute atomic E-state index is 11.6. The summed E-state index contributed by atoms with van der Waals surface area (Å²) < 4.78 is 0.803. The van der Waals surface area contributed by atoms with Gasteiger partial charge in [0.25, 0.3) is 0 Å². The lowest BCUT2D eigenvalue weighted by atomic mass is 10.2. The molecule has 0 aliphatic rings. The number of hydrogen-bond donors (Lipinski definition) is 1. The Morgan fingerprint density at radius 3 is 3.00 bits per heavy atom. The van der Waals surface area contributed by atoms with E-state index in [2.05, 4.69) is 25.9 Å². The highest BCUT2D eigenvalue weighted by Crippen LogP contribution is 2.18. The fourth-order valence-electron chi connectivity index (χ4n) is 1.19. The second kappa shape index (κ2) is 3.37. The van der Waals surface area contributed by atoms with Crippen LogP contribution in [0.2, 0.25) is 5.02 Å². The summed E-state index contributed by atoms with van der Waals surface area (Å²) in [6.07, 6.45) is 1.45. The summed E-state index contributed by atoms with van der Waals surface area (Å²) in [5.41, 5.74) is 1.18. The maximum atomic E-state index is 11.6. The highest BCUT2D eigenvalue weighted by atomic mass is 79.9. The first kappa shape index (κ1) is 9.68. The molecule has 0 atom stereocenters. The van der Waals surface area contributed by atoms with Gasteiger partial charge in [-0.15, -0.1) is 0 Å². The van der Waals surface area contributed by atoms with E-state index in [1.165, 1.54) is 6.20 Å².